The number of benzene rings is 1. The average molecular weight is 306 g/mol. The molecule has 0 aromatic heterocycles. The lowest BCUT2D eigenvalue weighted by molar-refractivity contribution is -0.140. The van der Waals surface area contributed by atoms with Gasteiger partial charge in [-0.15, -0.1) is 0 Å². The van der Waals surface area contributed by atoms with Gasteiger partial charge < -0.3 is 15.7 Å². The number of aryl methyl sites for hydroxylation is 1. The Hall–Kier alpha value is -1.88. The topological polar surface area (TPSA) is 78.4 Å². The van der Waals surface area contributed by atoms with Gasteiger partial charge in [0.15, 0.2) is 0 Å². The molecule has 0 saturated heterocycles. The second-order valence-electron chi connectivity index (χ2n) is 6.87. The summed E-state index contributed by atoms with van der Waals surface area (Å²) in [4.78, 5) is 23.4. The first-order valence-electron chi connectivity index (χ1n) is 7.46. The van der Waals surface area contributed by atoms with Crippen molar-refractivity contribution in [1.29, 1.82) is 0 Å². The summed E-state index contributed by atoms with van der Waals surface area (Å²) >= 11 is 0. The second kappa shape index (κ2) is 7.40. The molecule has 0 heterocycles. The fourth-order valence-corrected chi connectivity index (χ4v) is 1.90. The van der Waals surface area contributed by atoms with Crippen molar-refractivity contribution in [3.8, 4) is 0 Å². The molecule has 1 rings (SSSR count). The van der Waals surface area contributed by atoms with Crippen molar-refractivity contribution in [2.24, 2.45) is 0 Å². The predicted octanol–water partition coefficient (Wildman–Crippen LogP) is 1.40. The molecule has 2 amide bonds. The Morgan fingerprint density at radius 3 is 2.18 bits per heavy atom. The van der Waals surface area contributed by atoms with E-state index >= 15 is 0 Å². The van der Waals surface area contributed by atoms with Crippen molar-refractivity contribution < 1.29 is 14.7 Å². The van der Waals surface area contributed by atoms with Gasteiger partial charge in [-0.05, 0) is 46.1 Å². The molecule has 3 N–H and O–H groups in total. The lowest BCUT2D eigenvalue weighted by Gasteiger charge is -2.24. The van der Waals surface area contributed by atoms with Gasteiger partial charge in [-0.1, -0.05) is 30.3 Å². The maximum atomic E-state index is 11.7. The molecule has 0 aliphatic carbocycles. The van der Waals surface area contributed by atoms with Crippen LogP contribution in [0, 0.1) is 0 Å². The first-order valence-corrected chi connectivity index (χ1v) is 7.46. The fraction of sp³-hybridized carbons (Fsp3) is 0.529. The zero-order valence-corrected chi connectivity index (χ0v) is 13.8. The lowest BCUT2D eigenvalue weighted by Crippen LogP contribution is -2.51. The summed E-state index contributed by atoms with van der Waals surface area (Å²) < 4.78 is 0. The van der Waals surface area contributed by atoms with Crippen LogP contribution in [0.2, 0.25) is 0 Å². The Morgan fingerprint density at radius 1 is 1.05 bits per heavy atom. The summed E-state index contributed by atoms with van der Waals surface area (Å²) in [6, 6.07) is 9.82. The van der Waals surface area contributed by atoms with Crippen LogP contribution in [-0.4, -0.2) is 34.6 Å². The average Bonchev–Trinajstić information content (AvgIpc) is 2.42. The third-order valence-corrected chi connectivity index (χ3v) is 3.12. The maximum Gasteiger partial charge on any atom is 0.309 e. The summed E-state index contributed by atoms with van der Waals surface area (Å²) in [5.74, 6) is -1.42. The maximum absolute atomic E-state index is 11.7. The highest BCUT2D eigenvalue weighted by Gasteiger charge is 2.25. The van der Waals surface area contributed by atoms with E-state index in [1.165, 1.54) is 0 Å². The molecule has 1 unspecified atom stereocenters. The number of hydrogen-bond acceptors (Lipinski definition) is 3. The van der Waals surface area contributed by atoms with Crippen molar-refractivity contribution >= 4 is 11.8 Å². The van der Waals surface area contributed by atoms with Gasteiger partial charge in [-0.25, -0.2) is 0 Å². The van der Waals surface area contributed by atoms with Gasteiger partial charge in [0.2, 0.25) is 0 Å². The zero-order chi connectivity index (χ0) is 16.8. The van der Waals surface area contributed by atoms with E-state index in [0.717, 1.165) is 5.56 Å². The highest BCUT2D eigenvalue weighted by atomic mass is 16.3. The van der Waals surface area contributed by atoms with E-state index in [0.29, 0.717) is 12.8 Å². The van der Waals surface area contributed by atoms with Crippen LogP contribution >= 0.6 is 0 Å². The minimum atomic E-state index is -1.06. The molecule has 1 aromatic rings. The molecular formula is C17H26N2O3. The van der Waals surface area contributed by atoms with Crippen LogP contribution in [0.5, 0.6) is 0 Å². The van der Waals surface area contributed by atoms with Crippen LogP contribution in [-0.2, 0) is 16.0 Å². The lowest BCUT2D eigenvalue weighted by atomic mass is 9.97. The largest absolute Gasteiger partial charge is 0.388 e. The molecule has 0 spiro atoms. The molecule has 0 aliphatic heterocycles. The van der Waals surface area contributed by atoms with Crippen LogP contribution in [0.4, 0.5) is 0 Å². The Bertz CT molecular complexity index is 504. The summed E-state index contributed by atoms with van der Waals surface area (Å²) in [6.07, 6.45) is 1.20. The second-order valence-corrected chi connectivity index (χ2v) is 6.87. The minimum absolute atomic E-state index is 0.0379. The Balaban J connectivity index is 2.41. The molecule has 0 saturated carbocycles. The Labute approximate surface area is 132 Å². The Kier molecular flexibility index (Phi) is 6.11. The molecule has 0 fully saturated rings. The van der Waals surface area contributed by atoms with Crippen molar-refractivity contribution in [2.45, 2.75) is 51.7 Å². The minimum Gasteiger partial charge on any atom is -0.388 e. The number of hydrogen-bond donors (Lipinski definition) is 3. The summed E-state index contributed by atoms with van der Waals surface area (Å²) in [5, 5.41) is 15.4. The van der Waals surface area contributed by atoms with Crippen molar-refractivity contribution in [3.63, 3.8) is 0 Å². The smallest absolute Gasteiger partial charge is 0.309 e. The standard InChI is InChI=1S/C17H26N2O3/c1-16(2,3)19-15(21)14(20)18-12-17(4,22)11-10-13-8-6-5-7-9-13/h5-9,22H,10-12H2,1-4H3,(H,18,20)(H,19,21). The summed E-state index contributed by atoms with van der Waals surface area (Å²) in [5.41, 5.74) is -0.405. The van der Waals surface area contributed by atoms with Crippen LogP contribution in [0.25, 0.3) is 0 Å². The normalized spacial score (nSPS) is 14.0. The molecule has 5 heteroatoms. The predicted molar refractivity (Wildman–Crippen MR) is 86.3 cm³/mol. The monoisotopic (exact) mass is 306 g/mol. The molecular weight excluding hydrogens is 280 g/mol. The van der Waals surface area contributed by atoms with Gasteiger partial charge in [-0.2, -0.15) is 0 Å². The van der Waals surface area contributed by atoms with Gasteiger partial charge in [0.25, 0.3) is 0 Å². The highest BCUT2D eigenvalue weighted by Crippen LogP contribution is 2.13. The number of aliphatic hydroxyl groups is 1. The number of carbonyl (C=O) groups is 2. The fourth-order valence-electron chi connectivity index (χ4n) is 1.90. The molecule has 122 valence electrons. The van der Waals surface area contributed by atoms with E-state index in [-0.39, 0.29) is 6.54 Å². The van der Waals surface area contributed by atoms with Crippen molar-refractivity contribution in [1.82, 2.24) is 10.6 Å². The molecule has 22 heavy (non-hydrogen) atoms. The first kappa shape index (κ1) is 18.2. The Morgan fingerprint density at radius 2 is 1.64 bits per heavy atom. The molecule has 0 aliphatic rings. The van der Waals surface area contributed by atoms with Gasteiger partial charge >= 0.3 is 11.8 Å². The summed E-state index contributed by atoms with van der Waals surface area (Å²) in [7, 11) is 0. The van der Waals surface area contributed by atoms with E-state index < -0.39 is 23.0 Å². The van der Waals surface area contributed by atoms with Gasteiger partial charge in [0, 0.05) is 12.1 Å². The quantitative estimate of drug-likeness (QED) is 0.720. The van der Waals surface area contributed by atoms with E-state index in [4.69, 9.17) is 0 Å². The number of rotatable bonds is 5. The third kappa shape index (κ3) is 7.22. The van der Waals surface area contributed by atoms with E-state index in [2.05, 4.69) is 10.6 Å². The molecule has 0 bridgehead atoms. The van der Waals surface area contributed by atoms with Gasteiger partial charge in [-0.3, -0.25) is 9.59 Å². The molecule has 5 nitrogen and oxygen atoms in total. The van der Waals surface area contributed by atoms with Crippen molar-refractivity contribution in [3.05, 3.63) is 35.9 Å². The van der Waals surface area contributed by atoms with Gasteiger partial charge in [0.1, 0.15) is 0 Å². The van der Waals surface area contributed by atoms with Crippen LogP contribution in [0.15, 0.2) is 30.3 Å². The molecule has 1 aromatic carbocycles. The van der Waals surface area contributed by atoms with Crippen LogP contribution < -0.4 is 10.6 Å². The number of carbonyl (C=O) groups excluding carboxylic acids is 2. The SMILES string of the molecule is CC(O)(CCc1ccccc1)CNC(=O)C(=O)NC(C)(C)C. The molecule has 1 atom stereocenters. The van der Waals surface area contributed by atoms with Crippen LogP contribution in [0.3, 0.4) is 0 Å². The number of amides is 2. The van der Waals surface area contributed by atoms with Crippen LogP contribution in [0.1, 0.15) is 39.7 Å². The third-order valence-electron chi connectivity index (χ3n) is 3.12. The van der Waals surface area contributed by atoms with Crippen molar-refractivity contribution in [2.75, 3.05) is 6.54 Å². The van der Waals surface area contributed by atoms with E-state index in [1.54, 1.807) is 27.7 Å². The zero-order valence-electron chi connectivity index (χ0n) is 13.8. The highest BCUT2D eigenvalue weighted by molar-refractivity contribution is 6.35. The van der Waals surface area contributed by atoms with E-state index in [1.807, 2.05) is 30.3 Å². The first-order chi connectivity index (χ1) is 10.1. The molecule has 0 radical (unpaired) electrons. The van der Waals surface area contributed by atoms with Gasteiger partial charge in [0.05, 0.1) is 5.60 Å². The van der Waals surface area contributed by atoms with E-state index in [9.17, 15) is 14.7 Å². The summed E-state index contributed by atoms with van der Waals surface area (Å²) in [6.45, 7) is 7.09. The number of nitrogens with one attached hydrogen (secondary N) is 2.